The molecule has 0 aliphatic carbocycles. The zero-order valence-corrected chi connectivity index (χ0v) is 48.5. The predicted octanol–water partition coefficient (Wildman–Crippen LogP) is 17.0. The number of hydrogen-bond acceptors (Lipinski definition) is 2. The van der Waals surface area contributed by atoms with E-state index in [1.54, 1.807) is 53.2 Å². The molecule has 0 aliphatic rings. The molecule has 0 radical (unpaired) electrons. The number of hydrogen-bond donors (Lipinski definition) is 0. The van der Waals surface area contributed by atoms with Crippen molar-refractivity contribution in [3.05, 3.63) is 308 Å². The summed E-state index contributed by atoms with van der Waals surface area (Å²) in [5, 5.41) is -1.91. The van der Waals surface area contributed by atoms with E-state index in [4.69, 9.17) is 19.3 Å². The molecule has 14 rings (SSSR count). The lowest BCUT2D eigenvalue weighted by Gasteiger charge is -2.37. The average Bonchev–Trinajstić information content (AvgIpc) is 1.06. The Bertz CT molecular complexity index is 6050. The van der Waals surface area contributed by atoms with Crippen LogP contribution in [-0.4, -0.2) is 22.2 Å². The van der Waals surface area contributed by atoms with E-state index in [1.165, 1.54) is 4.57 Å². The maximum atomic E-state index is 10.2. The van der Waals surface area contributed by atoms with Crippen LogP contribution >= 0.6 is 0 Å². The number of imidazole rings is 1. The Hall–Kier alpha value is -10.1. The van der Waals surface area contributed by atoms with Gasteiger partial charge in [0.05, 0.1) is 67.7 Å². The SMILES string of the molecule is [2H]c1c([2H])c([2H])c(-c2cc(-c3c([2H])c([2H])c([2H])c([2H])c3[2H])c(-[n+]3[c-]n(-c4cccc(Oc5ccc6c7ccccc7n(-c7cc(C(C)(C)C)ccn7)c6c5)c4)c4cc(-c5ccc(C(C)(C)C)cc5)ccc43)c([Si](c3c([2H])c([2H])c([2H])c([2H])c3[2H])(c3c([2H])c([2H])c([2H])c([2H])c3[2H])c3c([2H])c([2H])c([2H])c([2H])c3[2H])c2)c([2H])c1[2H]. The summed E-state index contributed by atoms with van der Waals surface area (Å²) in [7, 11) is -6.57. The van der Waals surface area contributed by atoms with Gasteiger partial charge in [-0.1, -0.05) is 259 Å². The highest BCUT2D eigenvalue weighted by Gasteiger charge is 2.44. The van der Waals surface area contributed by atoms with Crippen LogP contribution < -0.4 is 30.1 Å². The summed E-state index contributed by atoms with van der Waals surface area (Å²) >= 11 is 0. The third-order valence-electron chi connectivity index (χ3n) is 15.5. The minimum Gasteiger partial charge on any atom is -0.458 e. The normalized spacial score (nSPS) is 16.1. The van der Waals surface area contributed by atoms with Crippen molar-refractivity contribution in [3.63, 3.8) is 0 Å². The van der Waals surface area contributed by atoms with Crippen LogP contribution in [0.25, 0.3) is 83.4 Å². The minimum atomic E-state index is -6.57. The lowest BCUT2D eigenvalue weighted by molar-refractivity contribution is -0.570. The molecular formula is C80H66N4OSi. The molecule has 0 saturated heterocycles. The van der Waals surface area contributed by atoms with Gasteiger partial charge in [0.2, 0.25) is 0 Å². The van der Waals surface area contributed by atoms with Crippen molar-refractivity contribution in [2.75, 3.05) is 0 Å². The lowest BCUT2D eigenvalue weighted by atomic mass is 9.86. The summed E-state index contributed by atoms with van der Waals surface area (Å²) in [4.78, 5) is 4.86. The number of para-hydroxylation sites is 1. The fraction of sp³-hybridized carbons (Fsp3) is 0.100. The van der Waals surface area contributed by atoms with Gasteiger partial charge >= 0.3 is 0 Å². The third-order valence-corrected chi connectivity index (χ3v) is 19.6. The summed E-state index contributed by atoms with van der Waals surface area (Å²) in [5.74, 6) is 1.29. The second-order valence-corrected chi connectivity index (χ2v) is 26.3. The van der Waals surface area contributed by atoms with Crippen molar-refractivity contribution in [1.29, 1.82) is 0 Å². The van der Waals surface area contributed by atoms with Gasteiger partial charge in [0.25, 0.3) is 6.33 Å². The molecule has 416 valence electrons. The third kappa shape index (κ3) is 9.72. The Balaban J connectivity index is 1.20. The van der Waals surface area contributed by atoms with Crippen LogP contribution in [0.4, 0.5) is 0 Å². The van der Waals surface area contributed by atoms with Crippen molar-refractivity contribution >= 4 is 61.7 Å². The summed E-state index contributed by atoms with van der Waals surface area (Å²) in [6, 6.07) is 12.9. The monoisotopic (exact) mass is 1150 g/mol. The maximum absolute atomic E-state index is 10.2. The Morgan fingerprint density at radius 1 is 0.453 bits per heavy atom. The maximum Gasteiger partial charge on any atom is 0.269 e. The van der Waals surface area contributed by atoms with E-state index in [1.807, 2.05) is 78.9 Å². The zero-order chi connectivity index (χ0) is 80.3. The topological polar surface area (TPSA) is 35.9 Å². The summed E-state index contributed by atoms with van der Waals surface area (Å²) in [6.45, 7) is 12.5. The number of ether oxygens (including phenoxy) is 1. The first-order chi connectivity index (χ1) is 52.2. The van der Waals surface area contributed by atoms with Crippen LogP contribution in [0.2, 0.25) is 0 Å². The van der Waals surface area contributed by atoms with Crippen LogP contribution in [0, 0.1) is 6.33 Å². The largest absolute Gasteiger partial charge is 0.458 e. The Kier molecular flexibility index (Phi) is 8.31. The van der Waals surface area contributed by atoms with Gasteiger partial charge in [0.1, 0.15) is 17.3 Å². The standard InChI is InChI=1S/C80H66N4OSi/c1-79(2,3)61-42-39-57(40-43-61)59-41-46-73-75(50-59)82(63-29-24-30-64(53-63)85-65-44-45-70-69-37-22-23-38-72(69)84(74(70)54-65)77-52-62(47-48-81-77)80(4,5)6)55-83(73)78-71(58-27-14-8-15-28-58)49-60(56-25-12-7-13-26-56)51-76(78)86(66-31-16-9-17-32-66,67-33-18-10-19-34-67)68-35-20-11-21-36-68/h7-54H,1-6H3/i7D,8D,9D,10D,11D,12D,13D,14D,15D,16D,17D,18D,19D,20D,21D,25D,26D,27D,28D,31D,32D,33D,34D,35D,36D. The van der Waals surface area contributed by atoms with E-state index in [0.717, 1.165) is 45.1 Å². The van der Waals surface area contributed by atoms with Gasteiger partial charge < -0.3 is 4.74 Å². The van der Waals surface area contributed by atoms with Crippen molar-refractivity contribution in [1.82, 2.24) is 14.1 Å². The molecule has 0 saturated carbocycles. The first-order valence-corrected chi connectivity index (χ1v) is 29.7. The van der Waals surface area contributed by atoms with Gasteiger partial charge in [-0.15, -0.1) is 0 Å². The van der Waals surface area contributed by atoms with Crippen molar-refractivity contribution in [2.24, 2.45) is 0 Å². The first-order valence-electron chi connectivity index (χ1n) is 40.2. The van der Waals surface area contributed by atoms with E-state index in [2.05, 4.69) is 52.4 Å². The highest BCUT2D eigenvalue weighted by Crippen LogP contribution is 2.38. The van der Waals surface area contributed by atoms with Crippen molar-refractivity contribution < 1.29 is 43.6 Å². The molecule has 0 aliphatic heterocycles. The van der Waals surface area contributed by atoms with Crippen LogP contribution in [0.5, 0.6) is 11.5 Å². The summed E-state index contributed by atoms with van der Waals surface area (Å²) < 4.78 is 251. The molecule has 86 heavy (non-hydrogen) atoms. The van der Waals surface area contributed by atoms with Crippen LogP contribution in [0.15, 0.2) is 291 Å². The van der Waals surface area contributed by atoms with Gasteiger partial charge in [-0.05, 0) is 137 Å². The number of rotatable bonds is 12. The molecule has 5 nitrogen and oxygen atoms in total. The molecular weight excluding hydrogens is 1060 g/mol. The van der Waals surface area contributed by atoms with E-state index < -0.39 is 208 Å². The van der Waals surface area contributed by atoms with Gasteiger partial charge in [-0.2, -0.15) is 0 Å². The van der Waals surface area contributed by atoms with E-state index in [0.29, 0.717) is 22.7 Å². The average molecular weight is 1150 g/mol. The molecule has 0 spiro atoms. The Labute approximate surface area is 540 Å². The number of benzene rings is 11. The summed E-state index contributed by atoms with van der Waals surface area (Å²) in [5.41, 5.74) is 1.80. The number of pyridine rings is 1. The van der Waals surface area contributed by atoms with Crippen molar-refractivity contribution in [3.8, 4) is 62.1 Å². The summed E-state index contributed by atoms with van der Waals surface area (Å²) in [6.07, 6.45) is 5.21. The Morgan fingerprint density at radius 2 is 1.03 bits per heavy atom. The first kappa shape index (κ1) is 32.8. The second kappa shape index (κ2) is 21.8. The number of fused-ring (bicyclic) bond motifs is 4. The highest BCUT2D eigenvalue weighted by molar-refractivity contribution is 7.20. The molecule has 0 amide bonds. The molecule has 3 aromatic heterocycles. The van der Waals surface area contributed by atoms with Crippen LogP contribution in [-0.2, 0) is 10.8 Å². The molecule has 0 unspecified atom stereocenters. The lowest BCUT2D eigenvalue weighted by Crippen LogP contribution is -2.76. The van der Waals surface area contributed by atoms with Crippen LogP contribution in [0.1, 0.15) is 86.9 Å². The molecule has 0 bridgehead atoms. The van der Waals surface area contributed by atoms with E-state index in [-0.39, 0.29) is 33.3 Å². The zero-order valence-electron chi connectivity index (χ0n) is 72.5. The Morgan fingerprint density at radius 3 is 1.67 bits per heavy atom. The minimum absolute atomic E-state index is 0.0373. The fourth-order valence-electron chi connectivity index (χ4n) is 11.3. The quantitative estimate of drug-likeness (QED) is 0.0529. The molecule has 11 aromatic carbocycles. The van der Waals surface area contributed by atoms with Crippen LogP contribution in [0.3, 0.4) is 0 Å². The molecule has 0 atom stereocenters. The second-order valence-electron chi connectivity index (χ2n) is 22.8. The number of aromatic nitrogens is 4. The number of nitrogens with zero attached hydrogens (tertiary/aromatic N) is 4. The smallest absolute Gasteiger partial charge is 0.269 e. The van der Waals surface area contributed by atoms with Gasteiger partial charge in [0.15, 0.2) is 8.07 Å². The fourth-order valence-corrected chi connectivity index (χ4v) is 15.3. The molecule has 0 N–H and O–H groups in total. The van der Waals surface area contributed by atoms with Crippen molar-refractivity contribution in [2.45, 2.75) is 52.4 Å². The molecule has 6 heteroatoms. The van der Waals surface area contributed by atoms with E-state index >= 15 is 0 Å². The predicted molar refractivity (Wildman–Crippen MR) is 360 cm³/mol. The van der Waals surface area contributed by atoms with Gasteiger partial charge in [-0.3, -0.25) is 13.7 Å². The van der Waals surface area contributed by atoms with Gasteiger partial charge in [-0.25, -0.2) is 4.98 Å². The highest BCUT2D eigenvalue weighted by atomic mass is 28.3. The molecule has 3 heterocycles. The van der Waals surface area contributed by atoms with E-state index in [9.17, 15) is 24.7 Å². The van der Waals surface area contributed by atoms with Gasteiger partial charge in [0, 0.05) is 23.0 Å². The molecule has 0 fully saturated rings. The molecule has 14 aromatic rings.